The van der Waals surface area contributed by atoms with E-state index in [9.17, 15) is 9.50 Å². The van der Waals surface area contributed by atoms with Gasteiger partial charge in [0.25, 0.3) is 0 Å². The van der Waals surface area contributed by atoms with E-state index in [1.165, 1.54) is 25.0 Å². The normalized spacial score (nSPS) is 26.0. The number of benzene rings is 1. The van der Waals surface area contributed by atoms with Crippen LogP contribution in [0.1, 0.15) is 38.2 Å². The third-order valence-corrected chi connectivity index (χ3v) is 4.40. The standard InChI is InChI=1S/C15H20ClFO/c1-10-2-4-11(5-3-10)15(18)8-12-6-7-13(17)9-14(12)16/h6-7,9-11,15,18H,2-5,8H2,1H3. The molecule has 1 fully saturated rings. The zero-order valence-corrected chi connectivity index (χ0v) is 11.5. The van der Waals surface area contributed by atoms with Gasteiger partial charge in [-0.25, -0.2) is 4.39 Å². The Labute approximate surface area is 113 Å². The zero-order chi connectivity index (χ0) is 13.1. The highest BCUT2D eigenvalue weighted by Crippen LogP contribution is 2.32. The van der Waals surface area contributed by atoms with Crippen molar-refractivity contribution in [1.29, 1.82) is 0 Å². The molecule has 0 radical (unpaired) electrons. The lowest BCUT2D eigenvalue weighted by Crippen LogP contribution is -2.27. The highest BCUT2D eigenvalue weighted by Gasteiger charge is 2.25. The van der Waals surface area contributed by atoms with Gasteiger partial charge in [0.15, 0.2) is 0 Å². The van der Waals surface area contributed by atoms with Crippen molar-refractivity contribution < 1.29 is 9.50 Å². The summed E-state index contributed by atoms with van der Waals surface area (Å²) in [6.07, 6.45) is 4.72. The predicted molar refractivity (Wildman–Crippen MR) is 72.2 cm³/mol. The van der Waals surface area contributed by atoms with E-state index in [1.807, 2.05) is 0 Å². The first kappa shape index (κ1) is 13.8. The van der Waals surface area contributed by atoms with Gasteiger partial charge in [-0.3, -0.25) is 0 Å². The number of hydrogen-bond acceptors (Lipinski definition) is 1. The van der Waals surface area contributed by atoms with Gasteiger partial charge in [-0.15, -0.1) is 0 Å². The molecule has 1 aliphatic rings. The van der Waals surface area contributed by atoms with Crippen molar-refractivity contribution in [2.24, 2.45) is 11.8 Å². The minimum Gasteiger partial charge on any atom is -0.392 e. The molecule has 100 valence electrons. The van der Waals surface area contributed by atoms with E-state index in [1.54, 1.807) is 6.07 Å². The molecule has 0 saturated heterocycles. The maximum absolute atomic E-state index is 12.9. The first-order valence-electron chi connectivity index (χ1n) is 6.68. The van der Waals surface area contributed by atoms with E-state index in [4.69, 9.17) is 11.6 Å². The first-order chi connectivity index (χ1) is 8.56. The lowest BCUT2D eigenvalue weighted by molar-refractivity contribution is 0.0761. The van der Waals surface area contributed by atoms with E-state index in [0.29, 0.717) is 17.4 Å². The molecule has 1 aromatic carbocycles. The third-order valence-electron chi connectivity index (χ3n) is 4.05. The first-order valence-corrected chi connectivity index (χ1v) is 7.06. The van der Waals surface area contributed by atoms with Gasteiger partial charge in [0, 0.05) is 11.4 Å². The maximum atomic E-state index is 12.9. The Morgan fingerprint density at radius 3 is 2.61 bits per heavy atom. The largest absolute Gasteiger partial charge is 0.392 e. The molecule has 1 unspecified atom stereocenters. The summed E-state index contributed by atoms with van der Waals surface area (Å²) in [7, 11) is 0. The fourth-order valence-electron chi connectivity index (χ4n) is 2.75. The number of aliphatic hydroxyl groups excluding tert-OH is 1. The quantitative estimate of drug-likeness (QED) is 0.872. The molecule has 1 aromatic rings. The number of hydrogen-bond donors (Lipinski definition) is 1. The average Bonchev–Trinajstić information content (AvgIpc) is 2.33. The number of aliphatic hydroxyl groups is 1. The zero-order valence-electron chi connectivity index (χ0n) is 10.7. The van der Waals surface area contributed by atoms with Crippen molar-refractivity contribution in [1.82, 2.24) is 0 Å². The molecule has 2 rings (SSSR count). The lowest BCUT2D eigenvalue weighted by Gasteiger charge is -2.30. The van der Waals surface area contributed by atoms with Crippen molar-refractivity contribution in [3.63, 3.8) is 0 Å². The van der Waals surface area contributed by atoms with Crippen molar-refractivity contribution in [3.05, 3.63) is 34.6 Å². The monoisotopic (exact) mass is 270 g/mol. The summed E-state index contributed by atoms with van der Waals surface area (Å²) in [5, 5.41) is 10.7. The Morgan fingerprint density at radius 1 is 1.33 bits per heavy atom. The summed E-state index contributed by atoms with van der Waals surface area (Å²) < 4.78 is 12.9. The lowest BCUT2D eigenvalue weighted by atomic mass is 9.79. The molecule has 1 saturated carbocycles. The average molecular weight is 271 g/mol. The highest BCUT2D eigenvalue weighted by atomic mass is 35.5. The summed E-state index contributed by atoms with van der Waals surface area (Å²) in [6, 6.07) is 4.38. The Hall–Kier alpha value is -0.600. The van der Waals surface area contributed by atoms with E-state index in [0.717, 1.165) is 24.3 Å². The van der Waals surface area contributed by atoms with Gasteiger partial charge < -0.3 is 5.11 Å². The Bertz CT molecular complexity index is 399. The minimum atomic E-state index is -0.361. The van der Waals surface area contributed by atoms with Crippen LogP contribution < -0.4 is 0 Å². The van der Waals surface area contributed by atoms with Crippen LogP contribution in [-0.4, -0.2) is 11.2 Å². The summed E-state index contributed by atoms with van der Waals surface area (Å²) in [5.74, 6) is 0.815. The van der Waals surface area contributed by atoms with Crippen LogP contribution in [0, 0.1) is 17.7 Å². The minimum absolute atomic E-state index is 0.329. The molecule has 0 heterocycles. The Kier molecular flexibility index (Phi) is 4.63. The number of rotatable bonds is 3. The maximum Gasteiger partial charge on any atom is 0.124 e. The second kappa shape index (κ2) is 6.03. The Balaban J connectivity index is 1.96. The fraction of sp³-hybridized carbons (Fsp3) is 0.600. The van der Waals surface area contributed by atoms with Crippen LogP contribution in [0.2, 0.25) is 5.02 Å². The van der Waals surface area contributed by atoms with Crippen molar-refractivity contribution in [3.8, 4) is 0 Å². The van der Waals surface area contributed by atoms with Gasteiger partial charge in [-0.1, -0.05) is 37.4 Å². The molecule has 1 atom stereocenters. The Morgan fingerprint density at radius 2 is 2.00 bits per heavy atom. The topological polar surface area (TPSA) is 20.2 Å². The van der Waals surface area contributed by atoms with Crippen LogP contribution in [-0.2, 0) is 6.42 Å². The van der Waals surface area contributed by atoms with Crippen molar-refractivity contribution >= 4 is 11.6 Å². The van der Waals surface area contributed by atoms with Crippen LogP contribution >= 0.6 is 11.6 Å². The molecular weight excluding hydrogens is 251 g/mol. The molecule has 1 nitrogen and oxygen atoms in total. The summed E-state index contributed by atoms with van der Waals surface area (Å²) in [6.45, 7) is 2.26. The van der Waals surface area contributed by atoms with Crippen LogP contribution in [0.3, 0.4) is 0 Å². The molecule has 0 bridgehead atoms. The molecule has 18 heavy (non-hydrogen) atoms. The smallest absolute Gasteiger partial charge is 0.124 e. The van der Waals surface area contributed by atoms with Crippen LogP contribution in [0.5, 0.6) is 0 Å². The van der Waals surface area contributed by atoms with Crippen LogP contribution in [0.4, 0.5) is 4.39 Å². The molecular formula is C15H20ClFO. The fourth-order valence-corrected chi connectivity index (χ4v) is 2.99. The summed E-state index contributed by atoms with van der Waals surface area (Å²) >= 11 is 5.98. The van der Waals surface area contributed by atoms with Gasteiger partial charge in [0.2, 0.25) is 0 Å². The summed E-state index contributed by atoms with van der Waals surface area (Å²) in [5.41, 5.74) is 0.837. The molecule has 0 aromatic heterocycles. The van der Waals surface area contributed by atoms with E-state index >= 15 is 0 Å². The molecule has 0 amide bonds. The second-order valence-electron chi connectivity index (χ2n) is 5.53. The molecule has 3 heteroatoms. The van der Waals surface area contributed by atoms with Crippen molar-refractivity contribution in [2.75, 3.05) is 0 Å². The second-order valence-corrected chi connectivity index (χ2v) is 5.93. The van der Waals surface area contributed by atoms with Gasteiger partial charge in [0.05, 0.1) is 6.10 Å². The van der Waals surface area contributed by atoms with Gasteiger partial charge in [-0.05, 0) is 42.4 Å². The SMILES string of the molecule is CC1CCC(C(O)Cc2ccc(F)cc2Cl)CC1. The van der Waals surface area contributed by atoms with E-state index in [-0.39, 0.29) is 11.9 Å². The van der Waals surface area contributed by atoms with Crippen LogP contribution in [0.15, 0.2) is 18.2 Å². The molecule has 1 aliphatic carbocycles. The van der Waals surface area contributed by atoms with Gasteiger partial charge >= 0.3 is 0 Å². The van der Waals surface area contributed by atoms with Gasteiger partial charge in [0.1, 0.15) is 5.82 Å². The van der Waals surface area contributed by atoms with E-state index < -0.39 is 0 Å². The highest BCUT2D eigenvalue weighted by molar-refractivity contribution is 6.31. The molecule has 0 aliphatic heterocycles. The predicted octanol–water partition coefficient (Wildman–Crippen LogP) is 4.21. The van der Waals surface area contributed by atoms with Crippen LogP contribution in [0.25, 0.3) is 0 Å². The number of halogens is 2. The molecule has 0 spiro atoms. The van der Waals surface area contributed by atoms with Gasteiger partial charge in [-0.2, -0.15) is 0 Å². The summed E-state index contributed by atoms with van der Waals surface area (Å²) in [4.78, 5) is 0. The molecule has 1 N–H and O–H groups in total. The van der Waals surface area contributed by atoms with Crippen molar-refractivity contribution in [2.45, 2.75) is 45.1 Å². The van der Waals surface area contributed by atoms with E-state index in [2.05, 4.69) is 6.92 Å². The third kappa shape index (κ3) is 3.46.